The van der Waals surface area contributed by atoms with E-state index < -0.39 is 0 Å². The molecule has 0 saturated carbocycles. The van der Waals surface area contributed by atoms with E-state index in [4.69, 9.17) is 4.42 Å². The maximum atomic E-state index is 5.72. The predicted molar refractivity (Wildman–Crippen MR) is 72.6 cm³/mol. The first-order chi connectivity index (χ1) is 8.85. The minimum atomic E-state index is 0.749. The van der Waals surface area contributed by atoms with Crippen molar-refractivity contribution < 1.29 is 4.42 Å². The number of aryl methyl sites for hydroxylation is 1. The Balaban J connectivity index is 1.86. The smallest absolute Gasteiger partial charge is 0.199 e. The molecule has 0 saturated heterocycles. The van der Waals surface area contributed by atoms with Gasteiger partial charge in [0.15, 0.2) is 11.5 Å². The molecule has 2 heteroatoms. The number of hydrogen-bond donors (Lipinski definition) is 0. The topological polar surface area (TPSA) is 26.0 Å². The zero-order chi connectivity index (χ0) is 12.4. The Labute approximate surface area is 106 Å². The van der Waals surface area contributed by atoms with Gasteiger partial charge in [-0.1, -0.05) is 43.3 Å². The summed E-state index contributed by atoms with van der Waals surface area (Å²) < 4.78 is 5.72. The number of hydrogen-bond acceptors (Lipinski definition) is 2. The highest BCUT2D eigenvalue weighted by Gasteiger charge is 2.05. The zero-order valence-corrected chi connectivity index (χ0v) is 10.4. The molecule has 3 aromatic rings. The molecule has 0 atom stereocenters. The van der Waals surface area contributed by atoms with Crippen molar-refractivity contribution in [1.29, 1.82) is 0 Å². The summed E-state index contributed by atoms with van der Waals surface area (Å²) >= 11 is 0. The molecule has 0 fully saturated rings. The van der Waals surface area contributed by atoms with E-state index in [-0.39, 0.29) is 0 Å². The lowest BCUT2D eigenvalue weighted by Gasteiger charge is -1.99. The Hall–Kier alpha value is -2.09. The highest BCUT2D eigenvalue weighted by molar-refractivity contribution is 5.72. The molecule has 0 aliphatic carbocycles. The summed E-state index contributed by atoms with van der Waals surface area (Å²) in [6.45, 7) is 2.16. The largest absolute Gasteiger partial charge is 0.440 e. The van der Waals surface area contributed by atoms with E-state index in [1.165, 1.54) is 11.1 Å². The average Bonchev–Trinajstić information content (AvgIpc) is 2.82. The molecule has 0 aliphatic heterocycles. The summed E-state index contributed by atoms with van der Waals surface area (Å²) in [6, 6.07) is 16.5. The third kappa shape index (κ3) is 2.14. The molecule has 2 nitrogen and oxygen atoms in total. The summed E-state index contributed by atoms with van der Waals surface area (Å²) in [7, 11) is 0. The number of rotatable bonds is 3. The number of nitrogens with zero attached hydrogens (tertiary/aromatic N) is 1. The minimum absolute atomic E-state index is 0.749. The maximum Gasteiger partial charge on any atom is 0.199 e. The zero-order valence-electron chi connectivity index (χ0n) is 10.4. The fourth-order valence-corrected chi connectivity index (χ4v) is 2.06. The van der Waals surface area contributed by atoms with Crippen molar-refractivity contribution in [1.82, 2.24) is 4.98 Å². The summed E-state index contributed by atoms with van der Waals surface area (Å²) in [5.74, 6) is 0.778. The fourth-order valence-electron chi connectivity index (χ4n) is 2.06. The lowest BCUT2D eigenvalue weighted by molar-refractivity contribution is 0.544. The third-order valence-electron chi connectivity index (χ3n) is 3.12. The van der Waals surface area contributed by atoms with Crippen molar-refractivity contribution in [3.05, 3.63) is 65.5 Å². The first-order valence-corrected chi connectivity index (χ1v) is 6.27. The van der Waals surface area contributed by atoms with Gasteiger partial charge in [0, 0.05) is 6.42 Å². The summed E-state index contributed by atoms with van der Waals surface area (Å²) in [6.07, 6.45) is 1.82. The van der Waals surface area contributed by atoms with Crippen LogP contribution in [0.15, 0.2) is 52.9 Å². The fraction of sp³-hybridized carbons (Fsp3) is 0.188. The van der Waals surface area contributed by atoms with Gasteiger partial charge in [-0.2, -0.15) is 0 Å². The van der Waals surface area contributed by atoms with Gasteiger partial charge in [0.05, 0.1) is 0 Å². The van der Waals surface area contributed by atoms with Crippen molar-refractivity contribution in [3.63, 3.8) is 0 Å². The van der Waals surface area contributed by atoms with E-state index >= 15 is 0 Å². The van der Waals surface area contributed by atoms with Gasteiger partial charge in [0.1, 0.15) is 5.52 Å². The Morgan fingerprint density at radius 2 is 1.67 bits per heavy atom. The van der Waals surface area contributed by atoms with Crippen molar-refractivity contribution in [2.75, 3.05) is 0 Å². The van der Waals surface area contributed by atoms with E-state index in [0.29, 0.717) is 0 Å². The molecule has 0 spiro atoms. The highest BCUT2D eigenvalue weighted by atomic mass is 16.3. The Morgan fingerprint density at radius 1 is 0.944 bits per heavy atom. The van der Waals surface area contributed by atoms with Crippen molar-refractivity contribution in [2.45, 2.75) is 19.8 Å². The molecule has 90 valence electrons. The molecule has 0 unspecified atom stereocenters. The Morgan fingerprint density at radius 3 is 2.39 bits per heavy atom. The first-order valence-electron chi connectivity index (χ1n) is 6.27. The van der Waals surface area contributed by atoms with E-state index in [0.717, 1.165) is 29.8 Å². The number of fused-ring (bicyclic) bond motifs is 1. The second-order valence-corrected chi connectivity index (χ2v) is 4.42. The van der Waals surface area contributed by atoms with Gasteiger partial charge in [-0.25, -0.2) is 4.98 Å². The van der Waals surface area contributed by atoms with Gasteiger partial charge in [0.2, 0.25) is 0 Å². The summed E-state index contributed by atoms with van der Waals surface area (Å²) in [5, 5.41) is 0. The number of aromatic nitrogens is 1. The van der Waals surface area contributed by atoms with Crippen molar-refractivity contribution >= 4 is 11.1 Å². The normalized spacial score (nSPS) is 10.9. The number of oxazole rings is 1. The van der Waals surface area contributed by atoms with Crippen LogP contribution in [0.1, 0.15) is 23.9 Å². The van der Waals surface area contributed by atoms with Crippen LogP contribution in [0.25, 0.3) is 11.1 Å². The van der Waals surface area contributed by atoms with Crippen LogP contribution in [-0.2, 0) is 12.8 Å². The number of benzene rings is 2. The molecule has 0 radical (unpaired) electrons. The lowest BCUT2D eigenvalue weighted by atomic mass is 10.1. The van der Waals surface area contributed by atoms with Gasteiger partial charge in [0.25, 0.3) is 0 Å². The summed E-state index contributed by atoms with van der Waals surface area (Å²) in [4.78, 5) is 4.48. The van der Waals surface area contributed by atoms with Crippen LogP contribution < -0.4 is 0 Å². The number of para-hydroxylation sites is 2. The summed E-state index contributed by atoms with van der Waals surface area (Å²) in [5.41, 5.74) is 4.38. The molecule has 3 rings (SSSR count). The van der Waals surface area contributed by atoms with Gasteiger partial charge in [-0.3, -0.25) is 0 Å². The first kappa shape index (κ1) is 11.0. The van der Waals surface area contributed by atoms with Crippen molar-refractivity contribution in [2.24, 2.45) is 0 Å². The van der Waals surface area contributed by atoms with Gasteiger partial charge >= 0.3 is 0 Å². The van der Waals surface area contributed by atoms with Gasteiger partial charge < -0.3 is 4.42 Å². The maximum absolute atomic E-state index is 5.72. The second kappa shape index (κ2) is 4.65. The molecule has 0 amide bonds. The Bertz CT molecular complexity index is 619. The van der Waals surface area contributed by atoms with E-state index in [1.807, 2.05) is 24.3 Å². The molecule has 1 aromatic heterocycles. The molecule has 2 aromatic carbocycles. The van der Waals surface area contributed by atoms with Crippen molar-refractivity contribution in [3.8, 4) is 0 Å². The SMILES string of the molecule is CCc1ccc(Cc2nc3ccccc3o2)cc1. The van der Waals surface area contributed by atoms with Gasteiger partial charge in [-0.15, -0.1) is 0 Å². The third-order valence-corrected chi connectivity index (χ3v) is 3.12. The molecule has 0 bridgehead atoms. The quantitative estimate of drug-likeness (QED) is 0.688. The predicted octanol–water partition coefficient (Wildman–Crippen LogP) is 3.98. The van der Waals surface area contributed by atoms with E-state index in [2.05, 4.69) is 36.2 Å². The van der Waals surface area contributed by atoms with Crippen LogP contribution in [-0.4, -0.2) is 4.98 Å². The van der Waals surface area contributed by atoms with Gasteiger partial charge in [-0.05, 0) is 29.7 Å². The second-order valence-electron chi connectivity index (χ2n) is 4.42. The lowest BCUT2D eigenvalue weighted by Crippen LogP contribution is -1.88. The van der Waals surface area contributed by atoms with Crippen LogP contribution in [0.3, 0.4) is 0 Å². The van der Waals surface area contributed by atoms with Crippen LogP contribution in [0.4, 0.5) is 0 Å². The van der Waals surface area contributed by atoms with Crippen LogP contribution in [0.5, 0.6) is 0 Å². The molecule has 18 heavy (non-hydrogen) atoms. The average molecular weight is 237 g/mol. The highest BCUT2D eigenvalue weighted by Crippen LogP contribution is 2.17. The molecule has 0 N–H and O–H groups in total. The van der Waals surface area contributed by atoms with Crippen LogP contribution in [0, 0.1) is 0 Å². The monoisotopic (exact) mass is 237 g/mol. The molecule has 1 heterocycles. The van der Waals surface area contributed by atoms with E-state index in [9.17, 15) is 0 Å². The molecular formula is C16H15NO. The van der Waals surface area contributed by atoms with Crippen LogP contribution in [0.2, 0.25) is 0 Å². The minimum Gasteiger partial charge on any atom is -0.440 e. The van der Waals surface area contributed by atoms with E-state index in [1.54, 1.807) is 0 Å². The standard InChI is InChI=1S/C16H15NO/c1-2-12-7-9-13(10-8-12)11-16-17-14-5-3-4-6-15(14)18-16/h3-10H,2,11H2,1H3. The molecular weight excluding hydrogens is 222 g/mol. The Kier molecular flexibility index (Phi) is 2.85. The van der Waals surface area contributed by atoms with Crippen LogP contribution >= 0.6 is 0 Å². The molecule has 0 aliphatic rings.